The fraction of sp³-hybridized carbons (Fsp3) is 0.273. The Kier molecular flexibility index (Phi) is 2.09. The van der Waals surface area contributed by atoms with Gasteiger partial charge in [-0.15, -0.1) is 0 Å². The van der Waals surface area contributed by atoms with Crippen molar-refractivity contribution in [3.05, 3.63) is 40.9 Å². The highest BCUT2D eigenvalue weighted by Crippen LogP contribution is 2.40. The number of hydrogen-bond acceptors (Lipinski definition) is 2. The molecule has 0 atom stereocenters. The topological polar surface area (TPSA) is 30.7 Å². The third kappa shape index (κ3) is 1.81. The maximum absolute atomic E-state index is 4.26. The average Bonchev–Trinajstić information content (AvgIpc) is 3.02. The molecule has 3 nitrogen and oxygen atoms in total. The van der Waals surface area contributed by atoms with E-state index in [0.717, 1.165) is 16.1 Å². The van der Waals surface area contributed by atoms with Gasteiger partial charge in [0.2, 0.25) is 0 Å². The van der Waals surface area contributed by atoms with Crippen LogP contribution >= 0.6 is 15.9 Å². The Balaban J connectivity index is 2.00. The van der Waals surface area contributed by atoms with Crippen LogP contribution in [0.3, 0.4) is 0 Å². The molecule has 15 heavy (non-hydrogen) atoms. The van der Waals surface area contributed by atoms with Crippen molar-refractivity contribution in [2.45, 2.75) is 18.8 Å². The van der Waals surface area contributed by atoms with Gasteiger partial charge in [-0.05, 0) is 46.3 Å². The van der Waals surface area contributed by atoms with E-state index in [0.29, 0.717) is 0 Å². The summed E-state index contributed by atoms with van der Waals surface area (Å²) < 4.78 is 2.82. The van der Waals surface area contributed by atoms with E-state index in [-0.39, 0.29) is 0 Å². The lowest BCUT2D eigenvalue weighted by atomic mass is 10.2. The molecule has 3 rings (SSSR count). The van der Waals surface area contributed by atoms with Gasteiger partial charge in [-0.3, -0.25) is 4.98 Å². The van der Waals surface area contributed by atoms with Gasteiger partial charge in [-0.2, -0.15) is 5.10 Å². The first-order valence-corrected chi connectivity index (χ1v) is 5.78. The van der Waals surface area contributed by atoms with E-state index in [1.807, 2.05) is 23.3 Å². The van der Waals surface area contributed by atoms with Crippen LogP contribution in [0.2, 0.25) is 0 Å². The third-order valence-electron chi connectivity index (χ3n) is 2.61. The lowest BCUT2D eigenvalue weighted by Gasteiger charge is -2.02. The summed E-state index contributed by atoms with van der Waals surface area (Å²) in [6.07, 6.45) is 10.1. The summed E-state index contributed by atoms with van der Waals surface area (Å²) in [5.74, 6) is 0.733. The third-order valence-corrected chi connectivity index (χ3v) is 3.02. The Morgan fingerprint density at radius 3 is 2.80 bits per heavy atom. The number of hydrogen-bond donors (Lipinski definition) is 0. The molecular formula is C11H10BrN3. The van der Waals surface area contributed by atoms with Gasteiger partial charge in [-0.25, -0.2) is 4.68 Å². The van der Waals surface area contributed by atoms with Crippen molar-refractivity contribution in [2.75, 3.05) is 0 Å². The number of pyridine rings is 1. The van der Waals surface area contributed by atoms with Gasteiger partial charge in [-0.1, -0.05) is 0 Å². The number of nitrogens with zero attached hydrogens (tertiary/aromatic N) is 3. The van der Waals surface area contributed by atoms with E-state index in [4.69, 9.17) is 0 Å². The van der Waals surface area contributed by atoms with Crippen LogP contribution < -0.4 is 0 Å². The predicted octanol–water partition coefficient (Wildman–Crippen LogP) is 2.91. The van der Waals surface area contributed by atoms with Crippen LogP contribution in [0.1, 0.15) is 24.3 Å². The van der Waals surface area contributed by atoms with E-state index < -0.39 is 0 Å². The van der Waals surface area contributed by atoms with Crippen molar-refractivity contribution < 1.29 is 0 Å². The molecule has 4 heteroatoms. The van der Waals surface area contributed by atoms with Gasteiger partial charge in [0.15, 0.2) is 0 Å². The molecule has 0 unspecified atom stereocenters. The van der Waals surface area contributed by atoms with E-state index >= 15 is 0 Å². The van der Waals surface area contributed by atoms with Crippen molar-refractivity contribution >= 4 is 15.9 Å². The maximum Gasteiger partial charge on any atom is 0.0832 e. The summed E-state index contributed by atoms with van der Waals surface area (Å²) in [4.78, 5) is 4.26. The van der Waals surface area contributed by atoms with Crippen molar-refractivity contribution in [1.82, 2.24) is 14.8 Å². The molecule has 0 aromatic carbocycles. The second-order valence-corrected chi connectivity index (χ2v) is 4.77. The smallest absolute Gasteiger partial charge is 0.0832 e. The first kappa shape index (κ1) is 9.09. The van der Waals surface area contributed by atoms with Gasteiger partial charge in [0.25, 0.3) is 0 Å². The molecule has 1 saturated carbocycles. The zero-order valence-corrected chi connectivity index (χ0v) is 9.68. The zero-order valence-electron chi connectivity index (χ0n) is 8.10. The molecule has 76 valence electrons. The SMILES string of the molecule is Brc1cnn(-c2cncc(C3CC3)c2)c1. The Labute approximate surface area is 96.3 Å². The molecular weight excluding hydrogens is 254 g/mol. The van der Waals surface area contributed by atoms with Crippen LogP contribution in [-0.4, -0.2) is 14.8 Å². The van der Waals surface area contributed by atoms with E-state index in [2.05, 4.69) is 32.1 Å². The molecule has 0 spiro atoms. The minimum atomic E-state index is 0.733. The van der Waals surface area contributed by atoms with Gasteiger partial charge in [0.05, 0.1) is 22.6 Å². The predicted molar refractivity (Wildman–Crippen MR) is 61.0 cm³/mol. The highest BCUT2D eigenvalue weighted by atomic mass is 79.9. The summed E-state index contributed by atoms with van der Waals surface area (Å²) in [5, 5.41) is 4.24. The second-order valence-electron chi connectivity index (χ2n) is 3.85. The minimum absolute atomic E-state index is 0.733. The normalized spacial score (nSPS) is 15.5. The molecule has 2 heterocycles. The van der Waals surface area contributed by atoms with Crippen LogP contribution in [0, 0.1) is 0 Å². The van der Waals surface area contributed by atoms with Crippen LogP contribution in [0.4, 0.5) is 0 Å². The largest absolute Gasteiger partial charge is 0.262 e. The maximum atomic E-state index is 4.26. The fourth-order valence-electron chi connectivity index (χ4n) is 1.65. The Bertz CT molecular complexity index is 488. The lowest BCUT2D eigenvalue weighted by molar-refractivity contribution is 0.868. The highest BCUT2D eigenvalue weighted by molar-refractivity contribution is 9.10. The number of rotatable bonds is 2. The van der Waals surface area contributed by atoms with E-state index in [1.54, 1.807) is 6.20 Å². The lowest BCUT2D eigenvalue weighted by Crippen LogP contribution is -1.96. The molecule has 1 fully saturated rings. The summed E-state index contributed by atoms with van der Waals surface area (Å²) in [7, 11) is 0. The summed E-state index contributed by atoms with van der Waals surface area (Å²) in [6, 6.07) is 2.17. The molecule has 0 saturated heterocycles. The number of halogens is 1. The quantitative estimate of drug-likeness (QED) is 0.834. The second kappa shape index (κ2) is 3.45. The molecule has 0 aliphatic heterocycles. The van der Waals surface area contributed by atoms with Crippen molar-refractivity contribution in [2.24, 2.45) is 0 Å². The first-order chi connectivity index (χ1) is 7.33. The molecule has 2 aromatic heterocycles. The Morgan fingerprint density at radius 1 is 1.27 bits per heavy atom. The molecule has 1 aliphatic rings. The molecule has 2 aromatic rings. The standard InChI is InChI=1S/C11H10BrN3/c12-10-5-14-15(7-10)11-3-9(4-13-6-11)8-1-2-8/h3-8H,1-2H2. The van der Waals surface area contributed by atoms with E-state index in [9.17, 15) is 0 Å². The Hall–Kier alpha value is -1.16. The van der Waals surface area contributed by atoms with Crippen LogP contribution in [0.15, 0.2) is 35.3 Å². The monoisotopic (exact) mass is 263 g/mol. The summed E-state index contributed by atoms with van der Waals surface area (Å²) >= 11 is 3.39. The Morgan fingerprint density at radius 2 is 2.13 bits per heavy atom. The summed E-state index contributed by atoms with van der Waals surface area (Å²) in [6.45, 7) is 0. The first-order valence-electron chi connectivity index (χ1n) is 4.98. The molecule has 0 radical (unpaired) electrons. The van der Waals surface area contributed by atoms with Crippen LogP contribution in [0.25, 0.3) is 5.69 Å². The number of aromatic nitrogens is 3. The summed E-state index contributed by atoms with van der Waals surface area (Å²) in [5.41, 5.74) is 2.37. The van der Waals surface area contributed by atoms with Crippen molar-refractivity contribution in [3.8, 4) is 5.69 Å². The minimum Gasteiger partial charge on any atom is -0.262 e. The highest BCUT2D eigenvalue weighted by Gasteiger charge is 2.23. The van der Waals surface area contributed by atoms with Gasteiger partial charge in [0, 0.05) is 12.4 Å². The van der Waals surface area contributed by atoms with Crippen molar-refractivity contribution in [1.29, 1.82) is 0 Å². The van der Waals surface area contributed by atoms with Gasteiger partial charge >= 0.3 is 0 Å². The van der Waals surface area contributed by atoms with Crippen LogP contribution in [-0.2, 0) is 0 Å². The zero-order chi connectivity index (χ0) is 10.3. The molecule has 0 N–H and O–H groups in total. The molecule has 0 amide bonds. The van der Waals surface area contributed by atoms with Gasteiger partial charge in [0.1, 0.15) is 0 Å². The average molecular weight is 264 g/mol. The van der Waals surface area contributed by atoms with Gasteiger partial charge < -0.3 is 0 Å². The fourth-order valence-corrected chi connectivity index (χ4v) is 1.94. The molecule has 0 bridgehead atoms. The van der Waals surface area contributed by atoms with Crippen molar-refractivity contribution in [3.63, 3.8) is 0 Å². The van der Waals surface area contributed by atoms with Crippen LogP contribution in [0.5, 0.6) is 0 Å². The molecule has 1 aliphatic carbocycles. The van der Waals surface area contributed by atoms with E-state index in [1.165, 1.54) is 18.4 Å².